The van der Waals surface area contributed by atoms with Gasteiger partial charge in [0, 0.05) is 25.3 Å². The van der Waals surface area contributed by atoms with Crippen molar-refractivity contribution < 1.29 is 14.4 Å². The Morgan fingerprint density at radius 2 is 1.13 bits per heavy atom. The van der Waals surface area contributed by atoms with Gasteiger partial charge in [-0.15, -0.1) is 0 Å². The highest BCUT2D eigenvalue weighted by molar-refractivity contribution is 5.93. The normalized spacial score (nSPS) is 14.7. The van der Waals surface area contributed by atoms with Crippen LogP contribution in [0.1, 0.15) is 29.5 Å². The SMILES string of the molecule is O=C(NC(Cc1ccc2ccccc2c1)C(=O)N[C@H](Cc1ccc2ccccc2c1)C(=O)NCCc1ccccc1)C1CCNCC1. The molecule has 1 unspecified atom stereocenters. The van der Waals surface area contributed by atoms with Gasteiger partial charge < -0.3 is 21.3 Å². The fourth-order valence-electron chi connectivity index (χ4n) is 6.37. The molecule has 0 saturated carbocycles. The van der Waals surface area contributed by atoms with Crippen LogP contribution in [0.2, 0.25) is 0 Å². The van der Waals surface area contributed by atoms with Gasteiger partial charge in [0.25, 0.3) is 0 Å². The molecule has 2 atom stereocenters. The minimum atomic E-state index is -0.838. The molecule has 0 spiro atoms. The van der Waals surface area contributed by atoms with E-state index in [1.807, 2.05) is 91.0 Å². The Labute approximate surface area is 276 Å². The highest BCUT2D eigenvalue weighted by Gasteiger charge is 2.30. The number of piperidine rings is 1. The fourth-order valence-corrected chi connectivity index (χ4v) is 6.37. The summed E-state index contributed by atoms with van der Waals surface area (Å²) in [6.07, 6.45) is 2.76. The predicted octanol–water partition coefficient (Wildman–Crippen LogP) is 5.11. The standard InChI is InChI=1S/C40H42N4O3/c45-38(33-19-21-41-22-20-33)43-37(27-30-15-17-32-11-5-7-13-35(32)25-30)40(47)44-36(39(46)42-23-18-28-8-2-1-3-9-28)26-29-14-16-31-10-4-6-12-34(31)24-29/h1-17,24-25,33,36-37,41H,18-23,26-27H2,(H,42,46)(H,43,45)(H,44,47)/t36-,37?/m1/s1. The van der Waals surface area contributed by atoms with Gasteiger partial charge in [-0.2, -0.15) is 0 Å². The second-order valence-electron chi connectivity index (χ2n) is 12.4. The van der Waals surface area contributed by atoms with Crippen LogP contribution in [-0.2, 0) is 33.6 Å². The number of fused-ring (bicyclic) bond motifs is 2. The van der Waals surface area contributed by atoms with E-state index in [9.17, 15) is 14.4 Å². The summed E-state index contributed by atoms with van der Waals surface area (Å²) in [5, 5.41) is 16.8. The largest absolute Gasteiger partial charge is 0.354 e. The lowest BCUT2D eigenvalue weighted by atomic mass is 9.95. The molecule has 4 N–H and O–H groups in total. The average Bonchev–Trinajstić information content (AvgIpc) is 3.11. The third-order valence-electron chi connectivity index (χ3n) is 9.04. The Morgan fingerprint density at radius 1 is 0.596 bits per heavy atom. The number of amides is 3. The number of hydrogen-bond donors (Lipinski definition) is 4. The van der Waals surface area contributed by atoms with E-state index >= 15 is 0 Å². The molecule has 3 amide bonds. The van der Waals surface area contributed by atoms with Gasteiger partial charge in [-0.1, -0.05) is 115 Å². The minimum absolute atomic E-state index is 0.120. The predicted molar refractivity (Wildman–Crippen MR) is 188 cm³/mol. The van der Waals surface area contributed by atoms with Gasteiger partial charge in [0.1, 0.15) is 12.1 Å². The van der Waals surface area contributed by atoms with Crippen LogP contribution >= 0.6 is 0 Å². The number of benzene rings is 5. The third-order valence-corrected chi connectivity index (χ3v) is 9.04. The smallest absolute Gasteiger partial charge is 0.243 e. The average molecular weight is 627 g/mol. The lowest BCUT2D eigenvalue weighted by molar-refractivity contribution is -0.133. The monoisotopic (exact) mass is 626 g/mol. The van der Waals surface area contributed by atoms with Crippen LogP contribution in [-0.4, -0.2) is 49.4 Å². The maximum Gasteiger partial charge on any atom is 0.243 e. The van der Waals surface area contributed by atoms with Gasteiger partial charge in [-0.05, 0) is 70.6 Å². The molecule has 240 valence electrons. The highest BCUT2D eigenvalue weighted by atomic mass is 16.2. The topological polar surface area (TPSA) is 99.3 Å². The molecular formula is C40H42N4O3. The van der Waals surface area contributed by atoms with Crippen molar-refractivity contribution in [1.82, 2.24) is 21.3 Å². The molecule has 0 radical (unpaired) electrons. The van der Waals surface area contributed by atoms with Crippen LogP contribution in [0, 0.1) is 5.92 Å². The van der Waals surface area contributed by atoms with E-state index in [1.54, 1.807) is 0 Å². The highest BCUT2D eigenvalue weighted by Crippen LogP contribution is 2.19. The number of carbonyl (C=O) groups excluding carboxylic acids is 3. The summed E-state index contributed by atoms with van der Waals surface area (Å²) < 4.78 is 0. The maximum absolute atomic E-state index is 14.1. The van der Waals surface area contributed by atoms with Gasteiger partial charge in [0.05, 0.1) is 0 Å². The first-order valence-electron chi connectivity index (χ1n) is 16.6. The van der Waals surface area contributed by atoms with E-state index in [2.05, 4.69) is 45.5 Å². The fraction of sp³-hybridized carbons (Fsp3) is 0.275. The van der Waals surface area contributed by atoms with Gasteiger partial charge in [-0.25, -0.2) is 0 Å². The van der Waals surface area contributed by atoms with Crippen molar-refractivity contribution in [2.75, 3.05) is 19.6 Å². The number of rotatable bonds is 12. The molecule has 5 aromatic carbocycles. The van der Waals surface area contributed by atoms with Gasteiger partial charge in [-0.3, -0.25) is 14.4 Å². The zero-order valence-corrected chi connectivity index (χ0v) is 26.6. The van der Waals surface area contributed by atoms with E-state index < -0.39 is 12.1 Å². The molecule has 0 aliphatic carbocycles. The van der Waals surface area contributed by atoms with Crippen molar-refractivity contribution >= 4 is 39.3 Å². The van der Waals surface area contributed by atoms with E-state index in [1.165, 1.54) is 0 Å². The third kappa shape index (κ3) is 8.63. The van der Waals surface area contributed by atoms with Crippen molar-refractivity contribution in [2.45, 2.75) is 44.2 Å². The molecule has 5 aromatic rings. The van der Waals surface area contributed by atoms with Gasteiger partial charge in [0.2, 0.25) is 17.7 Å². The van der Waals surface area contributed by atoms with Crippen molar-refractivity contribution in [3.63, 3.8) is 0 Å². The molecule has 6 rings (SSSR count). The lowest BCUT2D eigenvalue weighted by Crippen LogP contribution is -2.56. The Hall–Kier alpha value is -5.01. The molecule has 1 fully saturated rings. The number of carbonyl (C=O) groups is 3. The number of hydrogen-bond acceptors (Lipinski definition) is 4. The van der Waals surface area contributed by atoms with Gasteiger partial charge >= 0.3 is 0 Å². The summed E-state index contributed by atoms with van der Waals surface area (Å²) in [4.78, 5) is 41.3. The molecule has 1 aliphatic rings. The minimum Gasteiger partial charge on any atom is -0.354 e. The summed E-state index contributed by atoms with van der Waals surface area (Å²) in [6, 6.07) is 36.7. The summed E-state index contributed by atoms with van der Waals surface area (Å²) in [7, 11) is 0. The zero-order valence-electron chi connectivity index (χ0n) is 26.6. The van der Waals surface area contributed by atoms with Crippen LogP contribution < -0.4 is 21.3 Å². The molecule has 0 aromatic heterocycles. The first-order chi connectivity index (χ1) is 23.0. The Kier molecular flexibility index (Phi) is 10.6. The molecule has 1 heterocycles. The lowest BCUT2D eigenvalue weighted by Gasteiger charge is -2.27. The Bertz CT molecular complexity index is 1830. The summed E-state index contributed by atoms with van der Waals surface area (Å²) >= 11 is 0. The first kappa shape index (κ1) is 32.0. The second kappa shape index (κ2) is 15.5. The molecule has 7 nitrogen and oxygen atoms in total. The summed E-state index contributed by atoms with van der Waals surface area (Å²) in [5.41, 5.74) is 3.00. The van der Waals surface area contributed by atoms with Crippen LogP contribution in [0.15, 0.2) is 115 Å². The Balaban J connectivity index is 1.23. The molecule has 1 saturated heterocycles. The maximum atomic E-state index is 14.1. The van der Waals surface area contributed by atoms with Crippen LogP contribution in [0.25, 0.3) is 21.5 Å². The molecule has 1 aliphatic heterocycles. The quantitative estimate of drug-likeness (QED) is 0.155. The Morgan fingerprint density at radius 3 is 1.72 bits per heavy atom. The van der Waals surface area contributed by atoms with Gasteiger partial charge in [0.15, 0.2) is 0 Å². The van der Waals surface area contributed by atoms with Crippen LogP contribution in [0.3, 0.4) is 0 Å². The second-order valence-corrected chi connectivity index (χ2v) is 12.4. The van der Waals surface area contributed by atoms with E-state index in [0.717, 1.165) is 64.2 Å². The van der Waals surface area contributed by atoms with Crippen molar-refractivity contribution in [2.24, 2.45) is 5.92 Å². The van der Waals surface area contributed by atoms with Crippen molar-refractivity contribution in [3.05, 3.63) is 132 Å². The molecule has 0 bridgehead atoms. The van der Waals surface area contributed by atoms with E-state index in [-0.39, 0.29) is 23.6 Å². The van der Waals surface area contributed by atoms with Crippen LogP contribution in [0.5, 0.6) is 0 Å². The van der Waals surface area contributed by atoms with Crippen molar-refractivity contribution in [3.8, 4) is 0 Å². The first-order valence-corrected chi connectivity index (χ1v) is 16.6. The molecular weight excluding hydrogens is 584 g/mol. The number of nitrogens with one attached hydrogen (secondary N) is 4. The molecule has 7 heteroatoms. The zero-order chi connectivity index (χ0) is 32.4. The van der Waals surface area contributed by atoms with Crippen LogP contribution in [0.4, 0.5) is 0 Å². The molecule has 47 heavy (non-hydrogen) atoms. The van der Waals surface area contributed by atoms with Crippen molar-refractivity contribution in [1.29, 1.82) is 0 Å². The van der Waals surface area contributed by atoms with E-state index in [4.69, 9.17) is 0 Å². The summed E-state index contributed by atoms with van der Waals surface area (Å²) in [6.45, 7) is 1.99. The van der Waals surface area contributed by atoms with E-state index in [0.29, 0.717) is 25.8 Å². The summed E-state index contributed by atoms with van der Waals surface area (Å²) in [5.74, 6) is -0.898.